The van der Waals surface area contributed by atoms with E-state index in [2.05, 4.69) is 11.6 Å². The molecule has 1 aromatic heterocycles. The highest BCUT2D eigenvalue weighted by atomic mass is 16.6. The van der Waals surface area contributed by atoms with Gasteiger partial charge >= 0.3 is 12.1 Å². The molecule has 4 atom stereocenters. The Morgan fingerprint density at radius 3 is 2.52 bits per heavy atom. The summed E-state index contributed by atoms with van der Waals surface area (Å²) in [6.07, 6.45) is 1.73. The van der Waals surface area contributed by atoms with Crippen molar-refractivity contribution in [2.45, 2.75) is 65.8 Å². The van der Waals surface area contributed by atoms with E-state index in [1.807, 2.05) is 0 Å². The Hall–Kier alpha value is -3.17. The van der Waals surface area contributed by atoms with Gasteiger partial charge in [0.05, 0.1) is 18.6 Å². The lowest BCUT2D eigenvalue weighted by atomic mass is 9.73. The lowest BCUT2D eigenvalue weighted by Crippen LogP contribution is -2.48. The third-order valence-electron chi connectivity index (χ3n) is 5.40. The average Bonchev–Trinajstić information content (AvgIpc) is 3.09. The van der Waals surface area contributed by atoms with Crippen LogP contribution in [-0.2, 0) is 14.3 Å². The van der Waals surface area contributed by atoms with Gasteiger partial charge in [-0.15, -0.1) is 0 Å². The van der Waals surface area contributed by atoms with Crippen molar-refractivity contribution in [1.29, 1.82) is 0 Å². The molecule has 1 fully saturated rings. The van der Waals surface area contributed by atoms with Crippen molar-refractivity contribution < 1.29 is 28.7 Å². The first-order valence-corrected chi connectivity index (χ1v) is 10.9. The Bertz CT molecular complexity index is 881. The molecule has 1 aromatic rings. The second-order valence-electron chi connectivity index (χ2n) is 9.15. The van der Waals surface area contributed by atoms with E-state index in [4.69, 9.17) is 14.2 Å². The second kappa shape index (κ2) is 10.6. The third-order valence-corrected chi connectivity index (χ3v) is 5.40. The topological polar surface area (TPSA) is 121 Å². The Labute approximate surface area is 194 Å². The number of nitro groups is 1. The molecule has 0 spiro atoms. The number of amides is 1. The molecule has 10 heteroatoms. The van der Waals surface area contributed by atoms with Gasteiger partial charge in [-0.25, -0.2) is 14.6 Å². The summed E-state index contributed by atoms with van der Waals surface area (Å²) < 4.78 is 16.4. The quantitative estimate of drug-likeness (QED) is 0.247. The Morgan fingerprint density at radius 1 is 1.33 bits per heavy atom. The van der Waals surface area contributed by atoms with Crippen LogP contribution in [0.5, 0.6) is 5.88 Å². The summed E-state index contributed by atoms with van der Waals surface area (Å²) >= 11 is 0. The van der Waals surface area contributed by atoms with Gasteiger partial charge in [0.25, 0.3) is 0 Å². The maximum atomic E-state index is 13.2. The molecule has 10 nitrogen and oxygen atoms in total. The first-order chi connectivity index (χ1) is 15.4. The molecule has 0 unspecified atom stereocenters. The monoisotopic (exact) mass is 463 g/mol. The fourth-order valence-corrected chi connectivity index (χ4v) is 4.33. The number of aromatic nitrogens is 1. The highest BCUT2D eigenvalue weighted by molar-refractivity contribution is 5.83. The summed E-state index contributed by atoms with van der Waals surface area (Å²) in [7, 11) is 0. The van der Waals surface area contributed by atoms with E-state index in [0.29, 0.717) is 5.56 Å². The molecular formula is C23H33N3O7. The number of rotatable bonds is 8. The Kier molecular flexibility index (Phi) is 8.40. The maximum absolute atomic E-state index is 13.2. The molecule has 33 heavy (non-hydrogen) atoms. The smallest absolute Gasteiger partial charge is 0.411 e. The first-order valence-electron chi connectivity index (χ1n) is 10.9. The molecular weight excluding hydrogens is 430 g/mol. The van der Waals surface area contributed by atoms with E-state index in [9.17, 15) is 19.7 Å². The number of carbonyl (C=O) groups is 2. The van der Waals surface area contributed by atoms with E-state index in [0.717, 1.165) is 4.90 Å². The Morgan fingerprint density at radius 2 is 2.00 bits per heavy atom. The lowest BCUT2D eigenvalue weighted by Gasteiger charge is -2.32. The zero-order chi connectivity index (χ0) is 24.9. The molecule has 0 radical (unpaired) electrons. The molecule has 0 aliphatic carbocycles. The number of hydrogen-bond donors (Lipinski definition) is 0. The van der Waals surface area contributed by atoms with E-state index in [1.54, 1.807) is 53.7 Å². The zero-order valence-electron chi connectivity index (χ0n) is 20.0. The van der Waals surface area contributed by atoms with Crippen molar-refractivity contribution in [2.24, 2.45) is 11.3 Å². The number of hydrogen-bond acceptors (Lipinski definition) is 8. The molecule has 0 bridgehead atoms. The van der Waals surface area contributed by atoms with Gasteiger partial charge < -0.3 is 14.2 Å². The van der Waals surface area contributed by atoms with Gasteiger partial charge in [-0.1, -0.05) is 33.4 Å². The van der Waals surface area contributed by atoms with Gasteiger partial charge in [0.15, 0.2) is 0 Å². The van der Waals surface area contributed by atoms with Gasteiger partial charge in [0, 0.05) is 16.7 Å². The lowest BCUT2D eigenvalue weighted by molar-refractivity contribution is -0.536. The van der Waals surface area contributed by atoms with Crippen molar-refractivity contribution in [3.63, 3.8) is 0 Å². The standard InChI is InChI=1S/C23H33N3O7/c1-8-13-32-22(28)25-17(15-11-10-12-24-20(15)33-14(3)4)18(26(29)30)16(23(5,6)7)19(25)21(27)31-9-2/h8,10-12,14,16-19H,1,9,13H2,2-7H3/t16-,17-,18-,19-/m0/s1. The zero-order valence-corrected chi connectivity index (χ0v) is 20.0. The maximum Gasteiger partial charge on any atom is 0.411 e. The molecule has 2 heterocycles. The molecule has 1 aliphatic rings. The number of ether oxygens (including phenoxy) is 3. The van der Waals surface area contributed by atoms with Crippen LogP contribution in [0, 0.1) is 21.4 Å². The fraction of sp³-hybridized carbons (Fsp3) is 0.609. The van der Waals surface area contributed by atoms with Gasteiger partial charge in [-0.05, 0) is 38.3 Å². The van der Waals surface area contributed by atoms with E-state index >= 15 is 0 Å². The molecule has 0 aromatic carbocycles. The minimum absolute atomic E-state index is 0.0597. The summed E-state index contributed by atoms with van der Waals surface area (Å²) in [5.41, 5.74) is -0.410. The molecule has 0 saturated carbocycles. The largest absolute Gasteiger partial charge is 0.475 e. The van der Waals surface area contributed by atoms with E-state index in [1.165, 1.54) is 12.3 Å². The van der Waals surface area contributed by atoms with Gasteiger partial charge in [-0.3, -0.25) is 15.0 Å². The number of pyridine rings is 1. The third kappa shape index (κ3) is 5.61. The summed E-state index contributed by atoms with van der Waals surface area (Å²) in [6, 6.07) is -0.522. The van der Waals surface area contributed by atoms with Crippen LogP contribution in [0.15, 0.2) is 31.0 Å². The summed E-state index contributed by atoms with van der Waals surface area (Å²) in [5, 5.41) is 12.5. The van der Waals surface area contributed by atoms with Crippen LogP contribution in [0.25, 0.3) is 0 Å². The Balaban J connectivity index is 2.81. The van der Waals surface area contributed by atoms with Crippen molar-refractivity contribution in [3.05, 3.63) is 46.7 Å². The van der Waals surface area contributed by atoms with Crippen LogP contribution in [0.4, 0.5) is 4.79 Å². The second-order valence-corrected chi connectivity index (χ2v) is 9.15. The summed E-state index contributed by atoms with van der Waals surface area (Å²) in [5.74, 6) is -1.44. The van der Waals surface area contributed by atoms with Crippen LogP contribution >= 0.6 is 0 Å². The van der Waals surface area contributed by atoms with Crippen LogP contribution in [-0.4, -0.2) is 58.3 Å². The SMILES string of the molecule is C=CCOC(=O)N1[C@H](C(=O)OCC)[C@@H](C(C)(C)C)[C@H]([N+](=O)[O-])[C@@H]1c1cccnc1OC(C)C. The fourth-order valence-electron chi connectivity index (χ4n) is 4.33. The molecule has 182 valence electrons. The molecule has 0 N–H and O–H groups in total. The predicted octanol–water partition coefficient (Wildman–Crippen LogP) is 3.79. The van der Waals surface area contributed by atoms with E-state index < -0.39 is 46.4 Å². The van der Waals surface area contributed by atoms with Crippen LogP contribution in [0.3, 0.4) is 0 Å². The summed E-state index contributed by atoms with van der Waals surface area (Å²) in [4.78, 5) is 43.8. The number of nitrogens with zero attached hydrogens (tertiary/aromatic N) is 3. The number of esters is 1. The van der Waals surface area contributed by atoms with Gasteiger partial charge in [0.2, 0.25) is 11.9 Å². The van der Waals surface area contributed by atoms with Gasteiger partial charge in [0.1, 0.15) is 18.7 Å². The van der Waals surface area contributed by atoms with Crippen LogP contribution in [0.2, 0.25) is 0 Å². The highest BCUT2D eigenvalue weighted by Crippen LogP contribution is 2.51. The average molecular weight is 464 g/mol. The summed E-state index contributed by atoms with van der Waals surface area (Å²) in [6.45, 7) is 14.1. The molecule has 1 saturated heterocycles. The minimum Gasteiger partial charge on any atom is -0.475 e. The number of likely N-dealkylation sites (tertiary alicyclic amines) is 1. The van der Waals surface area contributed by atoms with E-state index in [-0.39, 0.29) is 25.2 Å². The van der Waals surface area contributed by atoms with Crippen molar-refractivity contribution in [3.8, 4) is 5.88 Å². The molecule has 2 rings (SSSR count). The molecule has 1 amide bonds. The van der Waals surface area contributed by atoms with Crippen molar-refractivity contribution in [2.75, 3.05) is 13.2 Å². The van der Waals surface area contributed by atoms with Crippen LogP contribution in [0.1, 0.15) is 53.1 Å². The van der Waals surface area contributed by atoms with Crippen molar-refractivity contribution in [1.82, 2.24) is 9.88 Å². The molecule has 1 aliphatic heterocycles. The number of carbonyl (C=O) groups excluding carboxylic acids is 2. The normalized spacial score (nSPS) is 22.7. The first kappa shape index (κ1) is 26.1. The van der Waals surface area contributed by atoms with Crippen molar-refractivity contribution >= 4 is 12.1 Å². The van der Waals surface area contributed by atoms with Gasteiger partial charge in [-0.2, -0.15) is 0 Å². The van der Waals surface area contributed by atoms with Crippen LogP contribution < -0.4 is 4.74 Å². The highest BCUT2D eigenvalue weighted by Gasteiger charge is 2.65. The minimum atomic E-state index is -1.34. The predicted molar refractivity (Wildman–Crippen MR) is 120 cm³/mol.